The summed E-state index contributed by atoms with van der Waals surface area (Å²) in [5.74, 6) is 1.14. The summed E-state index contributed by atoms with van der Waals surface area (Å²) in [5, 5.41) is 2.99. The van der Waals surface area contributed by atoms with E-state index in [1.54, 1.807) is 11.8 Å². The molecule has 4 heteroatoms. The Morgan fingerprint density at radius 3 is 2.76 bits per heavy atom. The summed E-state index contributed by atoms with van der Waals surface area (Å²) in [4.78, 5) is 12.7. The zero-order chi connectivity index (χ0) is 12.1. The van der Waals surface area contributed by atoms with Crippen molar-refractivity contribution >= 4 is 29.3 Å². The van der Waals surface area contributed by atoms with Crippen molar-refractivity contribution in [2.45, 2.75) is 23.1 Å². The summed E-state index contributed by atoms with van der Waals surface area (Å²) in [7, 11) is 0. The quantitative estimate of drug-likeness (QED) is 0.636. The van der Waals surface area contributed by atoms with Gasteiger partial charge in [0, 0.05) is 11.4 Å². The molecule has 1 atom stereocenters. The molecule has 0 radical (unpaired) electrons. The molecule has 0 spiro atoms. The highest BCUT2D eigenvalue weighted by molar-refractivity contribution is 8.00. The lowest BCUT2D eigenvalue weighted by Gasteiger charge is -2.09. The Morgan fingerprint density at radius 2 is 2.12 bits per heavy atom. The molecule has 1 aliphatic rings. The van der Waals surface area contributed by atoms with Crippen molar-refractivity contribution in [3.8, 4) is 0 Å². The predicted molar refractivity (Wildman–Crippen MR) is 72.5 cm³/mol. The van der Waals surface area contributed by atoms with Crippen LogP contribution in [-0.2, 0) is 4.79 Å². The molecule has 2 nitrogen and oxygen atoms in total. The molecule has 0 saturated heterocycles. The molecule has 1 amide bonds. The maximum absolute atomic E-state index is 11.6. The van der Waals surface area contributed by atoms with Gasteiger partial charge in [0.2, 0.25) is 5.91 Å². The van der Waals surface area contributed by atoms with Crippen molar-refractivity contribution in [1.29, 1.82) is 0 Å². The average molecular weight is 270 g/mol. The molecule has 1 aromatic carbocycles. The lowest BCUT2D eigenvalue weighted by atomic mass is 10.3. The Bertz CT molecular complexity index is 367. The monoisotopic (exact) mass is 269 g/mol. The van der Waals surface area contributed by atoms with E-state index in [0.29, 0.717) is 18.2 Å². The smallest absolute Gasteiger partial charge is 0.230 e. The highest BCUT2D eigenvalue weighted by atomic mass is 35.5. The number of nitrogens with one attached hydrogen (secondary N) is 1. The van der Waals surface area contributed by atoms with Crippen molar-refractivity contribution in [3.05, 3.63) is 30.3 Å². The Kier molecular flexibility index (Phi) is 4.75. The zero-order valence-electron chi connectivity index (χ0n) is 9.56. The fourth-order valence-corrected chi connectivity index (χ4v) is 2.63. The molecule has 2 rings (SSSR count). The number of hydrogen-bond acceptors (Lipinski definition) is 2. The first-order chi connectivity index (χ1) is 8.25. The van der Waals surface area contributed by atoms with Gasteiger partial charge in [0.15, 0.2) is 0 Å². The van der Waals surface area contributed by atoms with Crippen LogP contribution in [0.15, 0.2) is 35.2 Å². The van der Waals surface area contributed by atoms with Gasteiger partial charge in [-0.25, -0.2) is 0 Å². The second-order valence-corrected chi connectivity index (χ2v) is 5.87. The van der Waals surface area contributed by atoms with Crippen molar-refractivity contribution in [2.24, 2.45) is 5.92 Å². The molecule has 0 heterocycles. The molecule has 0 aromatic heterocycles. The van der Waals surface area contributed by atoms with Gasteiger partial charge in [0.05, 0.1) is 11.1 Å². The molecule has 1 saturated carbocycles. The van der Waals surface area contributed by atoms with Crippen LogP contribution in [0.3, 0.4) is 0 Å². The molecule has 0 aliphatic heterocycles. The number of thioether (sulfide) groups is 1. The van der Waals surface area contributed by atoms with Gasteiger partial charge in [-0.15, -0.1) is 23.4 Å². The predicted octanol–water partition coefficient (Wildman–Crippen LogP) is 2.91. The molecule has 1 N–H and O–H groups in total. The molecule has 1 fully saturated rings. The normalized spacial score (nSPS) is 16.5. The third-order valence-electron chi connectivity index (χ3n) is 2.74. The van der Waals surface area contributed by atoms with Crippen molar-refractivity contribution in [3.63, 3.8) is 0 Å². The fraction of sp³-hybridized carbons (Fsp3) is 0.462. The van der Waals surface area contributed by atoms with E-state index in [-0.39, 0.29) is 11.3 Å². The third-order valence-corrected chi connectivity index (χ3v) is 4.26. The first kappa shape index (κ1) is 12.8. The van der Waals surface area contributed by atoms with Crippen LogP contribution < -0.4 is 5.32 Å². The van der Waals surface area contributed by atoms with E-state index in [9.17, 15) is 4.79 Å². The van der Waals surface area contributed by atoms with Crippen LogP contribution in [0.2, 0.25) is 0 Å². The first-order valence-corrected chi connectivity index (χ1v) is 7.26. The lowest BCUT2D eigenvalue weighted by Crippen LogP contribution is -2.31. The summed E-state index contributed by atoms with van der Waals surface area (Å²) in [6.07, 6.45) is 2.42. The summed E-state index contributed by atoms with van der Waals surface area (Å²) in [6, 6.07) is 9.93. The minimum atomic E-state index is 0.0603. The Balaban J connectivity index is 1.63. The van der Waals surface area contributed by atoms with E-state index in [1.807, 2.05) is 30.3 Å². The Morgan fingerprint density at radius 1 is 1.41 bits per heavy atom. The number of carbonyl (C=O) groups is 1. The van der Waals surface area contributed by atoms with Crippen LogP contribution in [0.25, 0.3) is 0 Å². The van der Waals surface area contributed by atoms with E-state index >= 15 is 0 Å². The number of alkyl halides is 1. The number of rotatable bonds is 6. The molecule has 1 unspecified atom stereocenters. The van der Waals surface area contributed by atoms with Crippen molar-refractivity contribution in [1.82, 2.24) is 5.32 Å². The van der Waals surface area contributed by atoms with Crippen LogP contribution in [0.4, 0.5) is 0 Å². The van der Waals surface area contributed by atoms with Gasteiger partial charge < -0.3 is 5.32 Å². The van der Waals surface area contributed by atoms with Gasteiger partial charge >= 0.3 is 0 Å². The van der Waals surface area contributed by atoms with Crippen LogP contribution in [0.5, 0.6) is 0 Å². The molecule has 1 aliphatic carbocycles. The molecular weight excluding hydrogens is 254 g/mol. The summed E-state index contributed by atoms with van der Waals surface area (Å²) in [6.45, 7) is 0.598. The molecule has 1 aromatic rings. The van der Waals surface area contributed by atoms with E-state index in [4.69, 9.17) is 11.6 Å². The average Bonchev–Trinajstić information content (AvgIpc) is 3.19. The summed E-state index contributed by atoms with van der Waals surface area (Å²) in [5.41, 5.74) is 0. The topological polar surface area (TPSA) is 29.1 Å². The second kappa shape index (κ2) is 6.31. The van der Waals surface area contributed by atoms with E-state index in [1.165, 1.54) is 12.8 Å². The van der Waals surface area contributed by atoms with Gasteiger partial charge in [-0.05, 0) is 30.9 Å². The van der Waals surface area contributed by atoms with E-state index < -0.39 is 0 Å². The lowest BCUT2D eigenvalue weighted by molar-refractivity contribution is -0.118. The number of benzene rings is 1. The van der Waals surface area contributed by atoms with Crippen molar-refractivity contribution in [2.75, 3.05) is 12.3 Å². The van der Waals surface area contributed by atoms with Crippen molar-refractivity contribution < 1.29 is 4.79 Å². The molecule has 17 heavy (non-hydrogen) atoms. The Labute approximate surface area is 111 Å². The number of carbonyl (C=O) groups excluding carboxylic acids is 1. The summed E-state index contributed by atoms with van der Waals surface area (Å²) >= 11 is 7.67. The van der Waals surface area contributed by atoms with Crippen LogP contribution >= 0.6 is 23.4 Å². The van der Waals surface area contributed by atoms with Crippen LogP contribution in [0, 0.1) is 5.92 Å². The SMILES string of the molecule is O=C(CSc1ccccc1)NCC(Cl)C1CC1. The van der Waals surface area contributed by atoms with Gasteiger partial charge in [0.25, 0.3) is 0 Å². The van der Waals surface area contributed by atoms with Crippen LogP contribution in [-0.4, -0.2) is 23.6 Å². The van der Waals surface area contributed by atoms with E-state index in [2.05, 4.69) is 5.32 Å². The zero-order valence-corrected chi connectivity index (χ0v) is 11.1. The highest BCUT2D eigenvalue weighted by Gasteiger charge is 2.29. The largest absolute Gasteiger partial charge is 0.354 e. The molecule has 92 valence electrons. The third kappa shape index (κ3) is 4.60. The van der Waals surface area contributed by atoms with Gasteiger partial charge in [0.1, 0.15) is 0 Å². The summed E-state index contributed by atoms with van der Waals surface area (Å²) < 4.78 is 0. The maximum atomic E-state index is 11.6. The van der Waals surface area contributed by atoms with Gasteiger partial charge in [-0.3, -0.25) is 4.79 Å². The molecular formula is C13H16ClNOS. The fourth-order valence-electron chi connectivity index (χ4n) is 1.55. The van der Waals surface area contributed by atoms with Gasteiger partial charge in [-0.1, -0.05) is 18.2 Å². The first-order valence-electron chi connectivity index (χ1n) is 5.84. The molecule has 0 bridgehead atoms. The Hall–Kier alpha value is -0.670. The minimum absolute atomic E-state index is 0.0603. The van der Waals surface area contributed by atoms with E-state index in [0.717, 1.165) is 4.90 Å². The number of amides is 1. The maximum Gasteiger partial charge on any atom is 0.230 e. The highest BCUT2D eigenvalue weighted by Crippen LogP contribution is 2.35. The number of halogens is 1. The van der Waals surface area contributed by atoms with Gasteiger partial charge in [-0.2, -0.15) is 0 Å². The van der Waals surface area contributed by atoms with Crippen LogP contribution in [0.1, 0.15) is 12.8 Å². The number of hydrogen-bond donors (Lipinski definition) is 1. The second-order valence-electron chi connectivity index (χ2n) is 4.26. The minimum Gasteiger partial charge on any atom is -0.354 e. The standard InChI is InChI=1S/C13H16ClNOS/c14-12(10-6-7-10)8-15-13(16)9-17-11-4-2-1-3-5-11/h1-5,10,12H,6-9H2,(H,15,16).